The molecule has 2 rings (SSSR count). The summed E-state index contributed by atoms with van der Waals surface area (Å²) < 4.78 is 0. The number of nitrogens with zero attached hydrogens (tertiary/aromatic N) is 1. The van der Waals surface area contributed by atoms with E-state index in [0.29, 0.717) is 0 Å². The molecule has 0 atom stereocenters. The van der Waals surface area contributed by atoms with Crippen LogP contribution in [0.2, 0.25) is 5.02 Å². The van der Waals surface area contributed by atoms with E-state index in [1.165, 1.54) is 22.4 Å². The average molecular weight is 288 g/mol. The molecular formula is C18H22ClN. The molecular weight excluding hydrogens is 266 g/mol. The molecule has 2 aromatic carbocycles. The molecule has 0 aliphatic carbocycles. The Hall–Kier alpha value is -1.47. The van der Waals surface area contributed by atoms with Gasteiger partial charge in [0.25, 0.3) is 0 Å². The molecule has 0 aliphatic rings. The summed E-state index contributed by atoms with van der Waals surface area (Å²) in [7, 11) is 0. The molecule has 0 unspecified atom stereocenters. The lowest BCUT2D eigenvalue weighted by molar-refractivity contribution is 0.865. The molecule has 0 bridgehead atoms. The van der Waals surface area contributed by atoms with Gasteiger partial charge in [0.1, 0.15) is 0 Å². The SMILES string of the molecule is CCc1ccc(-c2ccc(Cl)cc2)c(N(CC)CC)c1. The Morgan fingerprint density at radius 2 is 1.55 bits per heavy atom. The Morgan fingerprint density at radius 1 is 0.900 bits per heavy atom. The monoisotopic (exact) mass is 287 g/mol. The third-order valence-corrected chi connectivity index (χ3v) is 3.98. The minimum absolute atomic E-state index is 0.781. The summed E-state index contributed by atoms with van der Waals surface area (Å²) in [6.07, 6.45) is 1.06. The second kappa shape index (κ2) is 6.81. The number of halogens is 1. The van der Waals surface area contributed by atoms with Gasteiger partial charge in [0.05, 0.1) is 0 Å². The molecule has 2 heteroatoms. The van der Waals surface area contributed by atoms with Crippen molar-refractivity contribution >= 4 is 17.3 Å². The fourth-order valence-corrected chi connectivity index (χ4v) is 2.62. The highest BCUT2D eigenvalue weighted by Gasteiger charge is 2.11. The van der Waals surface area contributed by atoms with E-state index in [2.05, 4.69) is 56.0 Å². The van der Waals surface area contributed by atoms with E-state index < -0.39 is 0 Å². The number of rotatable bonds is 5. The van der Waals surface area contributed by atoms with E-state index in [1.54, 1.807) is 0 Å². The first-order chi connectivity index (χ1) is 9.69. The second-order valence-electron chi connectivity index (χ2n) is 4.88. The zero-order valence-corrected chi connectivity index (χ0v) is 13.2. The Labute approximate surface area is 127 Å². The van der Waals surface area contributed by atoms with Gasteiger partial charge in [0.15, 0.2) is 0 Å². The predicted molar refractivity (Wildman–Crippen MR) is 89.8 cm³/mol. The van der Waals surface area contributed by atoms with Crippen LogP contribution in [0.3, 0.4) is 0 Å². The Kier molecular flexibility index (Phi) is 5.08. The summed E-state index contributed by atoms with van der Waals surface area (Å²) >= 11 is 5.99. The van der Waals surface area contributed by atoms with Crippen molar-refractivity contribution in [3.05, 3.63) is 53.1 Å². The second-order valence-corrected chi connectivity index (χ2v) is 5.32. The van der Waals surface area contributed by atoms with Crippen LogP contribution in [-0.4, -0.2) is 13.1 Å². The van der Waals surface area contributed by atoms with Gasteiger partial charge in [-0.3, -0.25) is 0 Å². The summed E-state index contributed by atoms with van der Waals surface area (Å²) in [6, 6.07) is 14.9. The molecule has 0 saturated heterocycles. The minimum atomic E-state index is 0.781. The number of aryl methyl sites for hydroxylation is 1. The lowest BCUT2D eigenvalue weighted by Gasteiger charge is -2.25. The third-order valence-electron chi connectivity index (χ3n) is 3.73. The van der Waals surface area contributed by atoms with Crippen molar-refractivity contribution in [2.45, 2.75) is 27.2 Å². The maximum absolute atomic E-state index is 5.99. The number of hydrogen-bond donors (Lipinski definition) is 0. The quantitative estimate of drug-likeness (QED) is 0.710. The highest BCUT2D eigenvalue weighted by Crippen LogP contribution is 2.32. The first-order valence-corrected chi connectivity index (χ1v) is 7.71. The molecule has 0 saturated carbocycles. The van der Waals surface area contributed by atoms with E-state index in [-0.39, 0.29) is 0 Å². The third kappa shape index (κ3) is 3.16. The fraction of sp³-hybridized carbons (Fsp3) is 0.333. The standard InChI is InChI=1S/C18H22ClN/c1-4-14-7-12-17(15-8-10-16(19)11-9-15)18(13-14)20(5-2)6-3/h7-13H,4-6H2,1-3H3. The normalized spacial score (nSPS) is 10.6. The summed E-state index contributed by atoms with van der Waals surface area (Å²) in [6.45, 7) is 8.64. The van der Waals surface area contributed by atoms with Crippen LogP contribution in [0.15, 0.2) is 42.5 Å². The van der Waals surface area contributed by atoms with Crippen LogP contribution in [0, 0.1) is 0 Å². The largest absolute Gasteiger partial charge is 0.372 e. The highest BCUT2D eigenvalue weighted by molar-refractivity contribution is 6.30. The van der Waals surface area contributed by atoms with Gasteiger partial charge in [-0.1, -0.05) is 42.8 Å². The lowest BCUT2D eigenvalue weighted by Crippen LogP contribution is -2.22. The zero-order valence-electron chi connectivity index (χ0n) is 12.5. The van der Waals surface area contributed by atoms with E-state index in [4.69, 9.17) is 11.6 Å². The molecule has 0 fully saturated rings. The first kappa shape index (κ1) is 14.9. The van der Waals surface area contributed by atoms with Crippen LogP contribution in [0.25, 0.3) is 11.1 Å². The van der Waals surface area contributed by atoms with Crippen molar-refractivity contribution in [3.63, 3.8) is 0 Å². The van der Waals surface area contributed by atoms with Crippen molar-refractivity contribution < 1.29 is 0 Å². The van der Waals surface area contributed by atoms with Gasteiger partial charge in [-0.2, -0.15) is 0 Å². The molecule has 0 N–H and O–H groups in total. The molecule has 0 amide bonds. The summed E-state index contributed by atoms with van der Waals surface area (Å²) in [5, 5.41) is 0.781. The summed E-state index contributed by atoms with van der Waals surface area (Å²) in [5.74, 6) is 0. The van der Waals surface area contributed by atoms with E-state index in [0.717, 1.165) is 24.5 Å². The molecule has 0 spiro atoms. The predicted octanol–water partition coefficient (Wildman–Crippen LogP) is 5.42. The average Bonchev–Trinajstić information content (AvgIpc) is 2.49. The maximum atomic E-state index is 5.99. The highest BCUT2D eigenvalue weighted by atomic mass is 35.5. The zero-order chi connectivity index (χ0) is 14.5. The topological polar surface area (TPSA) is 3.24 Å². The van der Waals surface area contributed by atoms with Gasteiger partial charge >= 0.3 is 0 Å². The van der Waals surface area contributed by atoms with Crippen molar-refractivity contribution in [2.24, 2.45) is 0 Å². The van der Waals surface area contributed by atoms with Gasteiger partial charge in [-0.05, 0) is 49.6 Å². The molecule has 0 heterocycles. The summed E-state index contributed by atoms with van der Waals surface area (Å²) in [4.78, 5) is 2.41. The van der Waals surface area contributed by atoms with Gasteiger partial charge in [-0.15, -0.1) is 0 Å². The van der Waals surface area contributed by atoms with Gasteiger partial charge in [0.2, 0.25) is 0 Å². The van der Waals surface area contributed by atoms with Gasteiger partial charge in [-0.25, -0.2) is 0 Å². The molecule has 0 radical (unpaired) electrons. The maximum Gasteiger partial charge on any atom is 0.0448 e. The fourth-order valence-electron chi connectivity index (χ4n) is 2.50. The van der Waals surface area contributed by atoms with Gasteiger partial charge < -0.3 is 4.90 Å². The number of anilines is 1. The van der Waals surface area contributed by atoms with Crippen LogP contribution < -0.4 is 4.90 Å². The van der Waals surface area contributed by atoms with E-state index in [9.17, 15) is 0 Å². The van der Waals surface area contributed by atoms with Crippen LogP contribution in [0.1, 0.15) is 26.3 Å². The van der Waals surface area contributed by atoms with E-state index in [1.807, 2.05) is 12.1 Å². The van der Waals surface area contributed by atoms with Crippen LogP contribution in [-0.2, 0) is 6.42 Å². The lowest BCUT2D eigenvalue weighted by atomic mass is 9.99. The summed E-state index contributed by atoms with van der Waals surface area (Å²) in [5.41, 5.74) is 5.20. The van der Waals surface area contributed by atoms with Gasteiger partial charge in [0, 0.05) is 29.4 Å². The minimum Gasteiger partial charge on any atom is -0.372 e. The molecule has 2 aromatic rings. The van der Waals surface area contributed by atoms with Crippen LogP contribution in [0.4, 0.5) is 5.69 Å². The Balaban J connectivity index is 2.53. The van der Waals surface area contributed by atoms with Crippen LogP contribution >= 0.6 is 11.6 Å². The Morgan fingerprint density at radius 3 is 2.10 bits per heavy atom. The van der Waals surface area contributed by atoms with Crippen molar-refractivity contribution in [3.8, 4) is 11.1 Å². The molecule has 0 aliphatic heterocycles. The molecule has 1 nitrogen and oxygen atoms in total. The molecule has 20 heavy (non-hydrogen) atoms. The molecule has 0 aromatic heterocycles. The van der Waals surface area contributed by atoms with Crippen molar-refractivity contribution in [2.75, 3.05) is 18.0 Å². The molecule has 106 valence electrons. The Bertz CT molecular complexity index is 556. The smallest absolute Gasteiger partial charge is 0.0448 e. The number of benzene rings is 2. The van der Waals surface area contributed by atoms with Crippen LogP contribution in [0.5, 0.6) is 0 Å². The van der Waals surface area contributed by atoms with Crippen molar-refractivity contribution in [1.29, 1.82) is 0 Å². The number of hydrogen-bond acceptors (Lipinski definition) is 1. The van der Waals surface area contributed by atoms with E-state index >= 15 is 0 Å². The first-order valence-electron chi connectivity index (χ1n) is 7.33. The van der Waals surface area contributed by atoms with Crippen molar-refractivity contribution in [1.82, 2.24) is 0 Å².